The number of hydrogen-bond donors (Lipinski definition) is 2. The van der Waals surface area contributed by atoms with Crippen LogP contribution in [0.4, 0.5) is 0 Å². The third-order valence-electron chi connectivity index (χ3n) is 2.78. The van der Waals surface area contributed by atoms with Crippen LogP contribution >= 0.6 is 0 Å². The summed E-state index contributed by atoms with van der Waals surface area (Å²) in [6.07, 6.45) is 0.0392. The van der Waals surface area contributed by atoms with E-state index in [1.165, 1.54) is 0 Å². The number of ether oxygens (including phenoxy) is 2. The van der Waals surface area contributed by atoms with Crippen molar-refractivity contribution in [2.75, 3.05) is 26.3 Å². The van der Waals surface area contributed by atoms with E-state index in [4.69, 9.17) is 9.47 Å². The number of hydrogen-bond acceptors (Lipinski definition) is 5. The molecule has 0 heterocycles. The highest BCUT2D eigenvalue weighted by Crippen LogP contribution is 2.11. The van der Waals surface area contributed by atoms with Gasteiger partial charge in [0.25, 0.3) is 5.91 Å². The van der Waals surface area contributed by atoms with Crippen LogP contribution in [0.3, 0.4) is 0 Å². The Hall–Kier alpha value is -2.57. The topological polar surface area (TPSA) is 93.7 Å². The third kappa shape index (κ3) is 8.45. The molecule has 0 aliphatic carbocycles. The number of likely N-dealkylation sites (N-methyl/N-ethyl adjacent to an activating group) is 1. The maximum absolute atomic E-state index is 11.5. The number of aryl methyl sites for hydroxylation is 1. The Balaban J connectivity index is 2.12. The number of benzene rings is 1. The van der Waals surface area contributed by atoms with Gasteiger partial charge in [-0.05, 0) is 26.0 Å². The smallest absolute Gasteiger partial charge is 0.309 e. The lowest BCUT2D eigenvalue weighted by Gasteiger charge is -2.08. The van der Waals surface area contributed by atoms with Crippen molar-refractivity contribution in [3.63, 3.8) is 0 Å². The van der Waals surface area contributed by atoms with Gasteiger partial charge in [0.1, 0.15) is 5.75 Å². The van der Waals surface area contributed by atoms with Crippen LogP contribution in [-0.2, 0) is 19.1 Å². The monoisotopic (exact) mass is 322 g/mol. The molecule has 0 atom stereocenters. The first kappa shape index (κ1) is 18.5. The van der Waals surface area contributed by atoms with Gasteiger partial charge in [-0.15, -0.1) is 0 Å². The van der Waals surface area contributed by atoms with E-state index in [1.807, 2.05) is 31.2 Å². The maximum Gasteiger partial charge on any atom is 0.309 e. The molecule has 7 nitrogen and oxygen atoms in total. The van der Waals surface area contributed by atoms with Crippen LogP contribution in [0.2, 0.25) is 0 Å². The molecule has 1 rings (SSSR count). The van der Waals surface area contributed by atoms with Gasteiger partial charge in [0, 0.05) is 6.54 Å². The molecule has 0 radical (unpaired) electrons. The highest BCUT2D eigenvalue weighted by atomic mass is 16.5. The lowest BCUT2D eigenvalue weighted by molar-refractivity contribution is -0.149. The van der Waals surface area contributed by atoms with Gasteiger partial charge in [-0.2, -0.15) is 0 Å². The summed E-state index contributed by atoms with van der Waals surface area (Å²) in [4.78, 5) is 34.0. The average molecular weight is 322 g/mol. The minimum absolute atomic E-state index is 0.0392. The Kier molecular flexibility index (Phi) is 8.20. The number of nitrogens with one attached hydrogen (secondary N) is 2. The SMILES string of the molecule is CCNC(=O)CNC(=O)COC(=O)CCOc1ccc(C)cc1. The summed E-state index contributed by atoms with van der Waals surface area (Å²) < 4.78 is 10.2. The number of carbonyl (C=O) groups excluding carboxylic acids is 3. The van der Waals surface area contributed by atoms with Crippen molar-refractivity contribution in [3.05, 3.63) is 29.8 Å². The summed E-state index contributed by atoms with van der Waals surface area (Å²) in [6, 6.07) is 7.45. The molecule has 0 saturated heterocycles. The Bertz CT molecular complexity index is 528. The number of amides is 2. The molecule has 0 fully saturated rings. The highest BCUT2D eigenvalue weighted by molar-refractivity contribution is 5.86. The van der Waals surface area contributed by atoms with Crippen LogP contribution in [-0.4, -0.2) is 44.1 Å². The van der Waals surface area contributed by atoms with Gasteiger partial charge >= 0.3 is 5.97 Å². The molecule has 0 saturated carbocycles. The molecular weight excluding hydrogens is 300 g/mol. The summed E-state index contributed by atoms with van der Waals surface area (Å²) >= 11 is 0. The summed E-state index contributed by atoms with van der Waals surface area (Å²) in [5.74, 6) is -0.684. The zero-order chi connectivity index (χ0) is 17.1. The van der Waals surface area contributed by atoms with Gasteiger partial charge in [0.2, 0.25) is 5.91 Å². The predicted molar refractivity (Wildman–Crippen MR) is 83.9 cm³/mol. The third-order valence-corrected chi connectivity index (χ3v) is 2.78. The molecule has 1 aromatic rings. The van der Waals surface area contributed by atoms with Crippen LogP contribution in [0.25, 0.3) is 0 Å². The molecule has 1 aromatic carbocycles. The quantitative estimate of drug-likeness (QED) is 0.648. The Labute approximate surface area is 135 Å². The fourth-order valence-electron chi connectivity index (χ4n) is 1.59. The minimum Gasteiger partial charge on any atom is -0.493 e. The lowest BCUT2D eigenvalue weighted by Crippen LogP contribution is -2.38. The van der Waals surface area contributed by atoms with Crippen molar-refractivity contribution < 1.29 is 23.9 Å². The molecule has 7 heteroatoms. The van der Waals surface area contributed by atoms with E-state index in [0.29, 0.717) is 12.3 Å². The summed E-state index contributed by atoms with van der Waals surface area (Å²) in [5.41, 5.74) is 1.12. The molecule has 0 aliphatic rings. The molecule has 0 bridgehead atoms. The van der Waals surface area contributed by atoms with Crippen LogP contribution in [0.5, 0.6) is 5.75 Å². The first-order valence-electron chi connectivity index (χ1n) is 7.39. The van der Waals surface area contributed by atoms with Crippen molar-refractivity contribution in [1.82, 2.24) is 10.6 Å². The van der Waals surface area contributed by atoms with E-state index in [1.54, 1.807) is 6.92 Å². The van der Waals surface area contributed by atoms with Crippen LogP contribution < -0.4 is 15.4 Å². The zero-order valence-electron chi connectivity index (χ0n) is 13.4. The molecule has 0 aliphatic heterocycles. The lowest BCUT2D eigenvalue weighted by atomic mass is 10.2. The predicted octanol–water partition coefficient (Wildman–Crippen LogP) is 0.559. The first-order chi connectivity index (χ1) is 11.0. The Morgan fingerprint density at radius 2 is 1.74 bits per heavy atom. The van der Waals surface area contributed by atoms with Crippen LogP contribution in [0, 0.1) is 6.92 Å². The van der Waals surface area contributed by atoms with Crippen LogP contribution in [0.15, 0.2) is 24.3 Å². The molecule has 0 aromatic heterocycles. The summed E-state index contributed by atoms with van der Waals surface area (Å²) in [6.45, 7) is 3.86. The van der Waals surface area contributed by atoms with E-state index in [0.717, 1.165) is 5.56 Å². The van der Waals surface area contributed by atoms with Crippen molar-refractivity contribution in [2.24, 2.45) is 0 Å². The largest absolute Gasteiger partial charge is 0.493 e. The second-order valence-corrected chi connectivity index (χ2v) is 4.80. The summed E-state index contributed by atoms with van der Waals surface area (Å²) in [5, 5.41) is 4.89. The molecule has 2 amide bonds. The van der Waals surface area contributed by atoms with Gasteiger partial charge in [-0.1, -0.05) is 17.7 Å². The van der Waals surface area contributed by atoms with E-state index < -0.39 is 18.5 Å². The van der Waals surface area contributed by atoms with Gasteiger partial charge in [0.05, 0.1) is 19.6 Å². The highest BCUT2D eigenvalue weighted by Gasteiger charge is 2.09. The first-order valence-corrected chi connectivity index (χ1v) is 7.39. The maximum atomic E-state index is 11.5. The molecule has 126 valence electrons. The van der Waals surface area contributed by atoms with Gasteiger partial charge < -0.3 is 20.1 Å². The summed E-state index contributed by atoms with van der Waals surface area (Å²) in [7, 11) is 0. The van der Waals surface area contributed by atoms with E-state index in [9.17, 15) is 14.4 Å². The van der Waals surface area contributed by atoms with Crippen molar-refractivity contribution >= 4 is 17.8 Å². The van der Waals surface area contributed by atoms with Gasteiger partial charge in [-0.3, -0.25) is 14.4 Å². The fraction of sp³-hybridized carbons (Fsp3) is 0.438. The molecule has 2 N–H and O–H groups in total. The van der Waals surface area contributed by atoms with E-state index in [2.05, 4.69) is 10.6 Å². The zero-order valence-corrected chi connectivity index (χ0v) is 13.4. The van der Waals surface area contributed by atoms with E-state index in [-0.39, 0.29) is 25.5 Å². The molecular formula is C16H22N2O5. The van der Waals surface area contributed by atoms with Crippen molar-refractivity contribution in [2.45, 2.75) is 20.3 Å². The number of esters is 1. The molecule has 23 heavy (non-hydrogen) atoms. The fourth-order valence-corrected chi connectivity index (χ4v) is 1.59. The standard InChI is InChI=1S/C16H22N2O5/c1-3-17-14(19)10-18-15(20)11-23-16(21)8-9-22-13-6-4-12(2)5-7-13/h4-7H,3,8-11H2,1-2H3,(H,17,19)(H,18,20). The Morgan fingerprint density at radius 1 is 1.04 bits per heavy atom. The molecule has 0 unspecified atom stereocenters. The normalized spacial score (nSPS) is 9.83. The molecule has 0 spiro atoms. The van der Waals surface area contributed by atoms with Gasteiger partial charge in [0.15, 0.2) is 6.61 Å². The average Bonchev–Trinajstić information content (AvgIpc) is 2.53. The van der Waals surface area contributed by atoms with Crippen molar-refractivity contribution in [1.29, 1.82) is 0 Å². The Morgan fingerprint density at radius 3 is 2.39 bits per heavy atom. The number of rotatable bonds is 9. The van der Waals surface area contributed by atoms with Crippen molar-refractivity contribution in [3.8, 4) is 5.75 Å². The van der Waals surface area contributed by atoms with Gasteiger partial charge in [-0.25, -0.2) is 0 Å². The van der Waals surface area contributed by atoms with E-state index >= 15 is 0 Å². The minimum atomic E-state index is -0.537. The second kappa shape index (κ2) is 10.2. The number of carbonyl (C=O) groups is 3. The van der Waals surface area contributed by atoms with Crippen LogP contribution in [0.1, 0.15) is 18.9 Å². The second-order valence-electron chi connectivity index (χ2n) is 4.80.